The fourth-order valence-corrected chi connectivity index (χ4v) is 2.67. The van der Waals surface area contributed by atoms with E-state index in [-0.39, 0.29) is 16.1 Å². The van der Waals surface area contributed by atoms with Crippen LogP contribution in [-0.2, 0) is 0 Å². The fraction of sp³-hybridized carbons (Fsp3) is 0.0556. The lowest BCUT2D eigenvalue weighted by atomic mass is 10.2. The van der Waals surface area contributed by atoms with Gasteiger partial charge < -0.3 is 4.42 Å². The topological polar surface area (TPSA) is 104 Å². The van der Waals surface area contributed by atoms with Gasteiger partial charge in [0.25, 0.3) is 10.4 Å². The predicted molar refractivity (Wildman–Crippen MR) is 102 cm³/mol. The van der Waals surface area contributed by atoms with Crippen LogP contribution in [0.2, 0.25) is 0 Å². The SMILES string of the molecule is Cc1[nH]n(-c2ccccc2)c(=O)c1N=Nc1ccc(-c2n[nH]c(=S)o2)cc1. The Morgan fingerprint density at radius 3 is 2.48 bits per heavy atom. The van der Waals surface area contributed by atoms with Gasteiger partial charge in [-0.1, -0.05) is 18.2 Å². The van der Waals surface area contributed by atoms with Gasteiger partial charge in [0.05, 0.1) is 17.1 Å². The van der Waals surface area contributed by atoms with E-state index in [0.29, 0.717) is 17.3 Å². The number of H-pyrrole nitrogens is 2. The second-order valence-corrected chi connectivity index (χ2v) is 6.10. The van der Waals surface area contributed by atoms with Crippen molar-refractivity contribution in [2.75, 3.05) is 0 Å². The maximum absolute atomic E-state index is 12.6. The lowest BCUT2D eigenvalue weighted by molar-refractivity contribution is 0.552. The number of nitrogens with one attached hydrogen (secondary N) is 2. The summed E-state index contributed by atoms with van der Waals surface area (Å²) in [5, 5.41) is 17.8. The van der Waals surface area contributed by atoms with Crippen LogP contribution in [0.15, 0.2) is 74.0 Å². The smallest absolute Gasteiger partial charge is 0.299 e. The van der Waals surface area contributed by atoms with Gasteiger partial charge in [0.1, 0.15) is 0 Å². The monoisotopic (exact) mass is 378 g/mol. The van der Waals surface area contributed by atoms with Crippen LogP contribution in [0.4, 0.5) is 11.4 Å². The molecule has 4 rings (SSSR count). The van der Waals surface area contributed by atoms with Crippen LogP contribution in [-0.4, -0.2) is 20.0 Å². The molecule has 0 aliphatic rings. The van der Waals surface area contributed by atoms with Gasteiger partial charge >= 0.3 is 0 Å². The number of para-hydroxylation sites is 1. The average molecular weight is 378 g/mol. The Hall–Kier alpha value is -3.59. The molecular formula is C18H14N6O2S. The minimum absolute atomic E-state index is 0.214. The Morgan fingerprint density at radius 1 is 1.07 bits per heavy atom. The van der Waals surface area contributed by atoms with E-state index in [0.717, 1.165) is 11.3 Å². The zero-order valence-corrected chi connectivity index (χ0v) is 15.0. The van der Waals surface area contributed by atoms with Crippen LogP contribution in [0, 0.1) is 11.8 Å². The molecule has 0 atom stereocenters. The average Bonchev–Trinajstić information content (AvgIpc) is 3.25. The molecule has 8 nitrogen and oxygen atoms in total. The molecule has 0 saturated carbocycles. The zero-order valence-electron chi connectivity index (χ0n) is 14.2. The van der Waals surface area contributed by atoms with E-state index in [1.165, 1.54) is 4.68 Å². The van der Waals surface area contributed by atoms with Crippen molar-refractivity contribution in [3.8, 4) is 17.1 Å². The molecule has 0 saturated heterocycles. The molecular weight excluding hydrogens is 364 g/mol. The highest BCUT2D eigenvalue weighted by Gasteiger charge is 2.12. The van der Waals surface area contributed by atoms with Crippen molar-refractivity contribution in [3.63, 3.8) is 0 Å². The third-order valence-corrected chi connectivity index (χ3v) is 4.05. The van der Waals surface area contributed by atoms with Crippen LogP contribution in [0.1, 0.15) is 5.69 Å². The largest absolute Gasteiger partial charge is 0.409 e. The first-order valence-corrected chi connectivity index (χ1v) is 8.47. The quantitative estimate of drug-likeness (QED) is 0.400. The minimum atomic E-state index is -0.257. The number of nitrogens with zero attached hydrogens (tertiary/aromatic N) is 4. The third kappa shape index (κ3) is 3.40. The first kappa shape index (κ1) is 16.9. The normalized spacial score (nSPS) is 11.3. The second kappa shape index (κ2) is 6.96. The molecule has 0 unspecified atom stereocenters. The Labute approximate surface area is 158 Å². The highest BCUT2D eigenvalue weighted by molar-refractivity contribution is 7.71. The van der Waals surface area contributed by atoms with Gasteiger partial charge in [0.15, 0.2) is 5.69 Å². The summed E-state index contributed by atoms with van der Waals surface area (Å²) in [6, 6.07) is 16.4. The maximum atomic E-state index is 12.6. The number of aryl methyl sites for hydroxylation is 1. The molecule has 2 N–H and O–H groups in total. The number of hydrogen-bond donors (Lipinski definition) is 2. The van der Waals surface area contributed by atoms with E-state index in [1.807, 2.05) is 30.3 Å². The van der Waals surface area contributed by atoms with Crippen LogP contribution < -0.4 is 5.56 Å². The molecule has 27 heavy (non-hydrogen) atoms. The molecule has 2 aromatic heterocycles. The Bertz CT molecular complexity index is 1220. The van der Waals surface area contributed by atoms with Gasteiger partial charge in [-0.2, -0.15) is 5.11 Å². The molecule has 9 heteroatoms. The third-order valence-electron chi connectivity index (χ3n) is 3.87. The molecule has 0 radical (unpaired) electrons. The van der Waals surface area contributed by atoms with Crippen molar-refractivity contribution < 1.29 is 4.42 Å². The van der Waals surface area contributed by atoms with Crippen molar-refractivity contribution in [1.82, 2.24) is 20.0 Å². The molecule has 0 aliphatic heterocycles. The van der Waals surface area contributed by atoms with Crippen LogP contribution in [0.3, 0.4) is 0 Å². The predicted octanol–water partition coefficient (Wildman–Crippen LogP) is 4.60. The van der Waals surface area contributed by atoms with Crippen molar-refractivity contribution in [1.29, 1.82) is 0 Å². The van der Waals surface area contributed by atoms with E-state index >= 15 is 0 Å². The van der Waals surface area contributed by atoms with Crippen molar-refractivity contribution in [2.24, 2.45) is 10.2 Å². The van der Waals surface area contributed by atoms with E-state index in [9.17, 15) is 4.79 Å². The van der Waals surface area contributed by atoms with Crippen LogP contribution in [0.25, 0.3) is 17.1 Å². The Morgan fingerprint density at radius 2 is 1.81 bits per heavy atom. The first-order valence-electron chi connectivity index (χ1n) is 8.06. The molecule has 2 heterocycles. The number of aromatic amines is 2. The van der Waals surface area contributed by atoms with Gasteiger partial charge in [0.2, 0.25) is 5.89 Å². The van der Waals surface area contributed by atoms with E-state index in [2.05, 4.69) is 25.5 Å². The number of hydrogen-bond acceptors (Lipinski definition) is 6. The summed E-state index contributed by atoms with van der Waals surface area (Å²) >= 11 is 4.86. The molecule has 0 fully saturated rings. The van der Waals surface area contributed by atoms with Gasteiger partial charge in [0, 0.05) is 5.56 Å². The summed E-state index contributed by atoms with van der Waals surface area (Å²) in [7, 11) is 0. The standard InChI is InChI=1S/C18H14N6O2S/c1-11-15(17(25)24(23-11)14-5-3-2-4-6-14)20-19-13-9-7-12(8-10-13)16-21-22-18(27)26-16/h2-10,23H,1H3,(H,22,27). The lowest BCUT2D eigenvalue weighted by Crippen LogP contribution is -2.13. The van der Waals surface area contributed by atoms with Crippen molar-refractivity contribution in [3.05, 3.63) is 75.5 Å². The van der Waals surface area contributed by atoms with E-state index < -0.39 is 0 Å². The minimum Gasteiger partial charge on any atom is -0.409 e. The molecule has 0 amide bonds. The number of aromatic nitrogens is 4. The summed E-state index contributed by atoms with van der Waals surface area (Å²) in [6.07, 6.45) is 0. The molecule has 134 valence electrons. The van der Waals surface area contributed by atoms with E-state index in [1.54, 1.807) is 31.2 Å². The molecule has 0 aliphatic carbocycles. The zero-order chi connectivity index (χ0) is 18.8. The number of azo groups is 1. The fourth-order valence-electron chi connectivity index (χ4n) is 2.55. The molecule has 2 aromatic carbocycles. The van der Waals surface area contributed by atoms with E-state index in [4.69, 9.17) is 16.6 Å². The van der Waals surface area contributed by atoms with Gasteiger partial charge in [-0.25, -0.2) is 9.78 Å². The Balaban J connectivity index is 1.61. The molecule has 0 spiro atoms. The lowest BCUT2D eigenvalue weighted by Gasteiger charge is -1.99. The summed E-state index contributed by atoms with van der Waals surface area (Å²) in [5.74, 6) is 0.399. The summed E-state index contributed by atoms with van der Waals surface area (Å²) in [4.78, 5) is 12.8. The maximum Gasteiger partial charge on any atom is 0.299 e. The molecule has 4 aromatic rings. The van der Waals surface area contributed by atoms with Crippen molar-refractivity contribution in [2.45, 2.75) is 6.92 Å². The summed E-state index contributed by atoms with van der Waals surface area (Å²) in [6.45, 7) is 1.78. The van der Waals surface area contributed by atoms with Crippen LogP contribution >= 0.6 is 12.2 Å². The summed E-state index contributed by atoms with van der Waals surface area (Å²) < 4.78 is 6.70. The number of benzene rings is 2. The van der Waals surface area contributed by atoms with Crippen molar-refractivity contribution >= 4 is 23.6 Å². The van der Waals surface area contributed by atoms with Crippen LogP contribution in [0.5, 0.6) is 0 Å². The van der Waals surface area contributed by atoms with Gasteiger partial charge in [-0.05, 0) is 55.5 Å². The molecule has 0 bridgehead atoms. The highest BCUT2D eigenvalue weighted by Crippen LogP contribution is 2.23. The first-order chi connectivity index (χ1) is 13.1. The van der Waals surface area contributed by atoms with Gasteiger partial charge in [-0.3, -0.25) is 9.89 Å². The highest BCUT2D eigenvalue weighted by atomic mass is 32.1. The Kier molecular flexibility index (Phi) is 4.35. The number of rotatable bonds is 4. The summed E-state index contributed by atoms with van der Waals surface area (Å²) in [5.41, 5.74) is 2.73. The van der Waals surface area contributed by atoms with Gasteiger partial charge in [-0.15, -0.1) is 10.2 Å². The second-order valence-electron chi connectivity index (χ2n) is 5.73.